The summed E-state index contributed by atoms with van der Waals surface area (Å²) in [5.74, 6) is 1.78. The standard InChI is InChI=1S/C21H27NO3/c23-18-14-21(25-19-9-5-4-8-17(18)19)12-13-22(15-21)20(24)11-10-16-6-2-1-3-7-16/h4-5,8-9,16H,1-3,6-7,10-15H2. The molecule has 1 aliphatic carbocycles. The average Bonchev–Trinajstić information content (AvgIpc) is 3.04. The lowest BCUT2D eigenvalue weighted by Gasteiger charge is -2.34. The average molecular weight is 341 g/mol. The molecule has 0 radical (unpaired) electrons. The summed E-state index contributed by atoms with van der Waals surface area (Å²) in [6, 6.07) is 7.45. The van der Waals surface area contributed by atoms with E-state index in [0.29, 0.717) is 37.2 Å². The molecule has 2 fully saturated rings. The van der Waals surface area contributed by atoms with Crippen molar-refractivity contribution in [2.24, 2.45) is 5.92 Å². The highest BCUT2D eigenvalue weighted by molar-refractivity contribution is 6.00. The molecule has 2 heterocycles. The Kier molecular flexibility index (Phi) is 4.53. The molecule has 3 aliphatic rings. The zero-order chi connectivity index (χ0) is 17.3. The SMILES string of the molecule is O=C1CC2(CCN(C(=O)CCC3CCCCC3)C2)Oc2ccccc21. The van der Waals surface area contributed by atoms with E-state index in [0.717, 1.165) is 18.8 Å². The van der Waals surface area contributed by atoms with Crippen LogP contribution in [0.15, 0.2) is 24.3 Å². The summed E-state index contributed by atoms with van der Waals surface area (Å²) in [6.07, 6.45) is 9.36. The van der Waals surface area contributed by atoms with Crippen LogP contribution in [0.2, 0.25) is 0 Å². The Labute approximate surface area is 149 Å². The minimum absolute atomic E-state index is 0.137. The maximum absolute atomic E-state index is 12.6. The van der Waals surface area contributed by atoms with Crippen LogP contribution in [0.3, 0.4) is 0 Å². The van der Waals surface area contributed by atoms with E-state index in [4.69, 9.17) is 4.74 Å². The summed E-state index contributed by atoms with van der Waals surface area (Å²) in [4.78, 5) is 27.0. The fraction of sp³-hybridized carbons (Fsp3) is 0.619. The Morgan fingerprint density at radius 1 is 1.20 bits per heavy atom. The van der Waals surface area contributed by atoms with Gasteiger partial charge in [0.15, 0.2) is 5.78 Å². The number of rotatable bonds is 3. The van der Waals surface area contributed by atoms with Gasteiger partial charge in [-0.3, -0.25) is 9.59 Å². The van der Waals surface area contributed by atoms with E-state index < -0.39 is 5.60 Å². The number of hydrogen-bond donors (Lipinski definition) is 0. The van der Waals surface area contributed by atoms with Gasteiger partial charge in [-0.2, -0.15) is 0 Å². The zero-order valence-corrected chi connectivity index (χ0v) is 14.8. The van der Waals surface area contributed by atoms with Crippen LogP contribution in [-0.2, 0) is 4.79 Å². The first-order valence-corrected chi connectivity index (χ1v) is 9.74. The normalized spacial score (nSPS) is 26.6. The quantitative estimate of drug-likeness (QED) is 0.835. The van der Waals surface area contributed by atoms with E-state index >= 15 is 0 Å². The van der Waals surface area contributed by atoms with Crippen molar-refractivity contribution in [3.8, 4) is 5.75 Å². The maximum atomic E-state index is 12.6. The highest BCUT2D eigenvalue weighted by Crippen LogP contribution is 2.39. The van der Waals surface area contributed by atoms with E-state index in [9.17, 15) is 9.59 Å². The van der Waals surface area contributed by atoms with Gasteiger partial charge < -0.3 is 9.64 Å². The third-order valence-electron chi connectivity index (χ3n) is 6.16. The lowest BCUT2D eigenvalue weighted by Crippen LogP contribution is -2.45. The number of ether oxygens (including phenoxy) is 1. The Morgan fingerprint density at radius 3 is 2.84 bits per heavy atom. The molecular formula is C21H27NO3. The summed E-state index contributed by atoms with van der Waals surface area (Å²) in [5.41, 5.74) is 0.168. The number of para-hydroxylation sites is 1. The van der Waals surface area contributed by atoms with Gasteiger partial charge in [-0.05, 0) is 24.5 Å². The minimum atomic E-state index is -0.508. The zero-order valence-electron chi connectivity index (χ0n) is 14.8. The number of amides is 1. The van der Waals surface area contributed by atoms with Gasteiger partial charge >= 0.3 is 0 Å². The Morgan fingerprint density at radius 2 is 2.00 bits per heavy atom. The molecule has 1 aromatic rings. The van der Waals surface area contributed by atoms with Gasteiger partial charge in [-0.15, -0.1) is 0 Å². The molecule has 1 amide bonds. The molecule has 1 aromatic carbocycles. The van der Waals surface area contributed by atoms with Gasteiger partial charge in [0.1, 0.15) is 11.4 Å². The van der Waals surface area contributed by atoms with Gasteiger partial charge in [0.2, 0.25) is 5.91 Å². The van der Waals surface area contributed by atoms with Gasteiger partial charge in [0.25, 0.3) is 0 Å². The molecule has 2 aliphatic heterocycles. The number of benzene rings is 1. The largest absolute Gasteiger partial charge is 0.484 e. The van der Waals surface area contributed by atoms with Crippen LogP contribution >= 0.6 is 0 Å². The number of carbonyl (C=O) groups is 2. The van der Waals surface area contributed by atoms with Crippen LogP contribution in [0.5, 0.6) is 5.75 Å². The van der Waals surface area contributed by atoms with Gasteiger partial charge in [0, 0.05) is 19.4 Å². The summed E-state index contributed by atoms with van der Waals surface area (Å²) in [7, 11) is 0. The smallest absolute Gasteiger partial charge is 0.222 e. The van der Waals surface area contributed by atoms with Crippen molar-refractivity contribution in [1.29, 1.82) is 0 Å². The lowest BCUT2D eigenvalue weighted by molar-refractivity contribution is -0.131. The van der Waals surface area contributed by atoms with Crippen LogP contribution < -0.4 is 4.74 Å². The van der Waals surface area contributed by atoms with Crippen molar-refractivity contribution in [3.05, 3.63) is 29.8 Å². The van der Waals surface area contributed by atoms with E-state index in [-0.39, 0.29) is 11.7 Å². The Bertz CT molecular complexity index is 665. The second-order valence-electron chi connectivity index (χ2n) is 7.99. The molecule has 4 rings (SSSR count). The highest BCUT2D eigenvalue weighted by atomic mass is 16.5. The van der Waals surface area contributed by atoms with Crippen molar-refractivity contribution in [2.75, 3.05) is 13.1 Å². The van der Waals surface area contributed by atoms with Crippen LogP contribution in [-0.4, -0.2) is 35.3 Å². The second kappa shape index (κ2) is 6.81. The number of hydrogen-bond acceptors (Lipinski definition) is 3. The molecule has 25 heavy (non-hydrogen) atoms. The van der Waals surface area contributed by atoms with Crippen molar-refractivity contribution >= 4 is 11.7 Å². The number of fused-ring (bicyclic) bond motifs is 1. The molecule has 4 nitrogen and oxygen atoms in total. The molecule has 0 bridgehead atoms. The highest BCUT2D eigenvalue weighted by Gasteiger charge is 2.46. The van der Waals surface area contributed by atoms with Crippen LogP contribution in [0, 0.1) is 5.92 Å². The maximum Gasteiger partial charge on any atom is 0.222 e. The van der Waals surface area contributed by atoms with E-state index in [1.54, 1.807) is 0 Å². The molecule has 1 spiro atoms. The monoisotopic (exact) mass is 341 g/mol. The van der Waals surface area contributed by atoms with Crippen molar-refractivity contribution in [2.45, 2.75) is 63.4 Å². The number of likely N-dealkylation sites (tertiary alicyclic amines) is 1. The number of carbonyl (C=O) groups excluding carboxylic acids is 2. The topological polar surface area (TPSA) is 46.6 Å². The summed E-state index contributed by atoms with van der Waals surface area (Å²) in [5, 5.41) is 0. The molecule has 1 unspecified atom stereocenters. The first-order chi connectivity index (χ1) is 12.2. The molecule has 0 N–H and O–H groups in total. The molecular weight excluding hydrogens is 314 g/mol. The number of ketones is 1. The lowest BCUT2D eigenvalue weighted by atomic mass is 9.86. The fourth-order valence-electron chi connectivity index (χ4n) is 4.69. The number of nitrogens with zero attached hydrogens (tertiary/aromatic N) is 1. The molecule has 1 saturated carbocycles. The molecule has 1 atom stereocenters. The first-order valence-electron chi connectivity index (χ1n) is 9.74. The second-order valence-corrected chi connectivity index (χ2v) is 7.99. The van der Waals surface area contributed by atoms with Crippen LogP contribution in [0.4, 0.5) is 0 Å². The van der Waals surface area contributed by atoms with Gasteiger partial charge in [-0.1, -0.05) is 44.2 Å². The van der Waals surface area contributed by atoms with E-state index in [1.807, 2.05) is 29.2 Å². The first kappa shape index (κ1) is 16.6. The van der Waals surface area contributed by atoms with Gasteiger partial charge in [-0.25, -0.2) is 0 Å². The van der Waals surface area contributed by atoms with Crippen molar-refractivity contribution in [3.63, 3.8) is 0 Å². The predicted octanol–water partition coefficient (Wildman–Crippen LogP) is 3.98. The van der Waals surface area contributed by atoms with Crippen LogP contribution in [0.1, 0.15) is 68.1 Å². The summed E-state index contributed by atoms with van der Waals surface area (Å²) >= 11 is 0. The molecule has 134 valence electrons. The predicted molar refractivity (Wildman–Crippen MR) is 95.8 cm³/mol. The molecule has 0 aromatic heterocycles. The summed E-state index contributed by atoms with van der Waals surface area (Å²) in [6.45, 7) is 1.26. The van der Waals surface area contributed by atoms with Crippen molar-refractivity contribution in [1.82, 2.24) is 4.90 Å². The fourth-order valence-corrected chi connectivity index (χ4v) is 4.69. The van der Waals surface area contributed by atoms with Gasteiger partial charge in [0.05, 0.1) is 18.5 Å². The summed E-state index contributed by atoms with van der Waals surface area (Å²) < 4.78 is 6.21. The van der Waals surface area contributed by atoms with E-state index in [2.05, 4.69) is 0 Å². The molecule has 4 heteroatoms. The Balaban J connectivity index is 1.36. The minimum Gasteiger partial charge on any atom is -0.484 e. The van der Waals surface area contributed by atoms with E-state index in [1.165, 1.54) is 32.1 Å². The third kappa shape index (κ3) is 3.44. The third-order valence-corrected chi connectivity index (χ3v) is 6.16. The van der Waals surface area contributed by atoms with Crippen molar-refractivity contribution < 1.29 is 14.3 Å². The number of Topliss-reactive ketones (excluding diaryl/α,β-unsaturated/α-hetero) is 1. The molecule has 1 saturated heterocycles. The van der Waals surface area contributed by atoms with Crippen LogP contribution in [0.25, 0.3) is 0 Å². The Hall–Kier alpha value is -1.84.